The number of aryl methyl sites for hydroxylation is 1. The predicted molar refractivity (Wildman–Crippen MR) is 150 cm³/mol. The number of hydrogen-bond donors (Lipinski definition) is 2. The third kappa shape index (κ3) is 5.97. The zero-order chi connectivity index (χ0) is 27.4. The molecule has 0 spiro atoms. The molecule has 2 N–H and O–H groups in total. The Balaban J connectivity index is 1.39. The van der Waals surface area contributed by atoms with Gasteiger partial charge >= 0.3 is 0 Å². The molecule has 1 atom stereocenters. The predicted octanol–water partition coefficient (Wildman–Crippen LogP) is 5.15. The summed E-state index contributed by atoms with van der Waals surface area (Å²) in [6.45, 7) is 2.21. The molecule has 0 fully saturated rings. The normalized spacial score (nSPS) is 14.8. The Kier molecular flexibility index (Phi) is 7.65. The monoisotopic (exact) mass is 539 g/mol. The molecule has 39 heavy (non-hydrogen) atoms. The molecule has 196 valence electrons. The van der Waals surface area contributed by atoms with Crippen molar-refractivity contribution in [1.29, 1.82) is 0 Å². The second-order valence-corrected chi connectivity index (χ2v) is 9.69. The van der Waals surface area contributed by atoms with Crippen LogP contribution in [-0.4, -0.2) is 38.6 Å². The van der Waals surface area contributed by atoms with Gasteiger partial charge < -0.3 is 15.5 Å². The number of carbonyl (C=O) groups excluding carboxylic acids is 3. The summed E-state index contributed by atoms with van der Waals surface area (Å²) in [6, 6.07) is 18.3. The maximum absolute atomic E-state index is 13.7. The molecule has 1 aliphatic heterocycles. The Morgan fingerprint density at radius 3 is 2.49 bits per heavy atom. The van der Waals surface area contributed by atoms with Crippen molar-refractivity contribution in [2.24, 2.45) is 0 Å². The third-order valence-electron chi connectivity index (χ3n) is 6.61. The number of nitrogens with one attached hydrogen (secondary N) is 2. The van der Waals surface area contributed by atoms with Crippen molar-refractivity contribution in [3.05, 3.63) is 118 Å². The molecule has 0 unspecified atom stereocenters. The lowest BCUT2D eigenvalue weighted by Gasteiger charge is -2.29. The molecule has 0 radical (unpaired) electrons. The fourth-order valence-corrected chi connectivity index (χ4v) is 4.61. The first-order valence-electron chi connectivity index (χ1n) is 12.6. The van der Waals surface area contributed by atoms with Gasteiger partial charge in [0, 0.05) is 42.1 Å². The third-order valence-corrected chi connectivity index (χ3v) is 6.84. The highest BCUT2D eigenvalue weighted by Gasteiger charge is 2.35. The van der Waals surface area contributed by atoms with Crippen molar-refractivity contribution in [3.8, 4) is 0 Å². The van der Waals surface area contributed by atoms with E-state index >= 15 is 0 Å². The van der Waals surface area contributed by atoms with Gasteiger partial charge in [0.05, 0.1) is 11.3 Å². The van der Waals surface area contributed by atoms with Crippen molar-refractivity contribution < 1.29 is 14.4 Å². The smallest absolute Gasteiger partial charge is 0.256 e. The average Bonchev–Trinajstić information content (AvgIpc) is 3.04. The van der Waals surface area contributed by atoms with Gasteiger partial charge in [0.2, 0.25) is 5.91 Å². The summed E-state index contributed by atoms with van der Waals surface area (Å²) >= 11 is 6.14. The van der Waals surface area contributed by atoms with Crippen molar-refractivity contribution in [3.63, 3.8) is 0 Å². The van der Waals surface area contributed by atoms with Crippen molar-refractivity contribution in [2.45, 2.75) is 32.4 Å². The Morgan fingerprint density at radius 2 is 1.79 bits per heavy atom. The summed E-state index contributed by atoms with van der Waals surface area (Å²) in [4.78, 5) is 49.8. The highest BCUT2D eigenvalue weighted by molar-refractivity contribution is 6.31. The number of anilines is 2. The molecule has 3 heterocycles. The quantitative estimate of drug-likeness (QED) is 0.338. The molecular weight excluding hydrogens is 514 g/mol. The van der Waals surface area contributed by atoms with Crippen molar-refractivity contribution in [1.82, 2.24) is 14.9 Å². The van der Waals surface area contributed by atoms with E-state index in [1.54, 1.807) is 78.1 Å². The van der Waals surface area contributed by atoms with Gasteiger partial charge in [-0.25, -0.2) is 4.98 Å². The summed E-state index contributed by atoms with van der Waals surface area (Å²) in [7, 11) is 0. The van der Waals surface area contributed by atoms with E-state index in [-0.39, 0.29) is 30.7 Å². The van der Waals surface area contributed by atoms with E-state index in [2.05, 4.69) is 20.6 Å². The molecule has 0 saturated heterocycles. The summed E-state index contributed by atoms with van der Waals surface area (Å²) in [5.41, 5.74) is 3.87. The van der Waals surface area contributed by atoms with E-state index in [0.717, 1.165) is 23.1 Å². The van der Waals surface area contributed by atoms with E-state index in [4.69, 9.17) is 11.6 Å². The first-order chi connectivity index (χ1) is 18.9. The van der Waals surface area contributed by atoms with Gasteiger partial charge in [-0.15, -0.1) is 0 Å². The number of hydrogen-bond acceptors (Lipinski definition) is 5. The summed E-state index contributed by atoms with van der Waals surface area (Å²) in [6.07, 6.45) is 6.24. The molecule has 0 bridgehead atoms. The molecule has 0 aliphatic carbocycles. The van der Waals surface area contributed by atoms with Crippen molar-refractivity contribution in [2.75, 3.05) is 10.6 Å². The van der Waals surface area contributed by atoms with Crippen LogP contribution < -0.4 is 10.6 Å². The van der Waals surface area contributed by atoms with Crippen LogP contribution in [0.4, 0.5) is 11.5 Å². The van der Waals surface area contributed by atoms with Crippen LogP contribution in [0.5, 0.6) is 0 Å². The largest absolute Gasteiger partial charge is 0.323 e. The zero-order valence-corrected chi connectivity index (χ0v) is 22.0. The highest BCUT2D eigenvalue weighted by Crippen LogP contribution is 2.29. The number of aromatic nitrogens is 2. The number of pyridine rings is 2. The van der Waals surface area contributed by atoms with Crippen molar-refractivity contribution >= 4 is 40.8 Å². The number of nitrogens with zero attached hydrogens (tertiary/aromatic N) is 3. The molecule has 2 aromatic carbocycles. The van der Waals surface area contributed by atoms with Gasteiger partial charge in [-0.1, -0.05) is 42.8 Å². The number of fused-ring (bicyclic) bond motifs is 1. The lowest BCUT2D eigenvalue weighted by molar-refractivity contribution is -0.120. The van der Waals surface area contributed by atoms with E-state index in [0.29, 0.717) is 27.7 Å². The van der Waals surface area contributed by atoms with E-state index in [9.17, 15) is 14.4 Å². The topological polar surface area (TPSA) is 104 Å². The first kappa shape index (κ1) is 26.1. The van der Waals surface area contributed by atoms with Crippen LogP contribution in [0.3, 0.4) is 0 Å². The number of halogens is 1. The highest BCUT2D eigenvalue weighted by atomic mass is 35.5. The Morgan fingerprint density at radius 1 is 1.00 bits per heavy atom. The maximum atomic E-state index is 13.7. The fourth-order valence-electron chi connectivity index (χ4n) is 4.44. The van der Waals surface area contributed by atoms with Gasteiger partial charge in [-0.3, -0.25) is 19.4 Å². The Labute approximate surface area is 231 Å². The summed E-state index contributed by atoms with van der Waals surface area (Å²) in [5, 5.41) is 6.09. The second-order valence-electron chi connectivity index (χ2n) is 9.25. The SMILES string of the molecule is CCc1ccc(NC(=O)c2ccc(CN3C(=O)c4ccc(Cl)cc4NC(=O)[C@H]3Cc3cccnc3)cc2)nc1. The second kappa shape index (κ2) is 11.4. The minimum Gasteiger partial charge on any atom is -0.323 e. The minimum absolute atomic E-state index is 0.168. The van der Waals surface area contributed by atoms with Gasteiger partial charge in [0.1, 0.15) is 11.9 Å². The first-order valence-corrected chi connectivity index (χ1v) is 12.9. The van der Waals surface area contributed by atoms with Gasteiger partial charge in [-0.05, 0) is 65.6 Å². The molecule has 4 aromatic rings. The van der Waals surface area contributed by atoms with Crippen LogP contribution in [0, 0.1) is 0 Å². The van der Waals surface area contributed by atoms with Crippen LogP contribution in [0.15, 0.2) is 85.3 Å². The minimum atomic E-state index is -0.784. The molecule has 9 heteroatoms. The number of carbonyl (C=O) groups is 3. The van der Waals surface area contributed by atoms with Crippen LogP contribution in [-0.2, 0) is 24.2 Å². The standard InChI is InChI=1S/C30H26ClN5O3/c1-2-19-7-12-27(33-17-19)35-28(37)22-8-5-20(6-9-22)18-36-26(14-21-4-3-13-32-16-21)29(38)34-25-15-23(31)10-11-24(25)30(36)39/h3-13,15-17,26H,2,14,18H2,1H3,(H,34,38)(H,33,35,37)/t26-/m1/s1. The Bertz CT molecular complexity index is 1510. The Hall–Kier alpha value is -4.56. The summed E-state index contributed by atoms with van der Waals surface area (Å²) in [5.74, 6) is -0.425. The molecule has 3 amide bonds. The van der Waals surface area contributed by atoms with Crippen LogP contribution in [0.2, 0.25) is 5.02 Å². The van der Waals surface area contributed by atoms with Crippen LogP contribution >= 0.6 is 11.6 Å². The number of amides is 3. The molecular formula is C30H26ClN5O3. The molecule has 1 aliphatic rings. The lowest BCUT2D eigenvalue weighted by Crippen LogP contribution is -2.46. The maximum Gasteiger partial charge on any atom is 0.256 e. The summed E-state index contributed by atoms with van der Waals surface area (Å²) < 4.78 is 0. The van der Waals surface area contributed by atoms with Gasteiger partial charge in [0.25, 0.3) is 11.8 Å². The van der Waals surface area contributed by atoms with Gasteiger partial charge in [0.15, 0.2) is 0 Å². The van der Waals surface area contributed by atoms with E-state index in [1.807, 2.05) is 19.1 Å². The zero-order valence-electron chi connectivity index (χ0n) is 21.2. The average molecular weight is 540 g/mol. The van der Waals surface area contributed by atoms with E-state index in [1.165, 1.54) is 0 Å². The van der Waals surface area contributed by atoms with Gasteiger partial charge in [-0.2, -0.15) is 0 Å². The fraction of sp³-hybridized carbons (Fsp3) is 0.167. The molecule has 8 nitrogen and oxygen atoms in total. The van der Waals surface area contributed by atoms with Crippen LogP contribution in [0.1, 0.15) is 44.3 Å². The number of benzene rings is 2. The molecule has 2 aromatic heterocycles. The lowest BCUT2D eigenvalue weighted by atomic mass is 10.0. The molecule has 0 saturated carbocycles. The van der Waals surface area contributed by atoms with Crippen LogP contribution in [0.25, 0.3) is 0 Å². The number of rotatable bonds is 7. The molecule has 5 rings (SSSR count). The van der Waals surface area contributed by atoms with E-state index < -0.39 is 6.04 Å².